The van der Waals surface area contributed by atoms with Crippen LogP contribution in [0.15, 0.2) is 24.5 Å². The molecular weight excluding hydrogens is 218 g/mol. The molecule has 0 radical (unpaired) electrons. The summed E-state index contributed by atoms with van der Waals surface area (Å²) in [6.07, 6.45) is 4.25. The Hall–Kier alpha value is -1.46. The van der Waals surface area contributed by atoms with Crippen LogP contribution in [-0.4, -0.2) is 43.2 Å². The van der Waals surface area contributed by atoms with E-state index in [0.29, 0.717) is 12.1 Å². The Morgan fingerprint density at radius 2 is 2.59 bits per heavy atom. The van der Waals surface area contributed by atoms with E-state index in [9.17, 15) is 4.79 Å². The number of carbonyl (C=O) groups is 1. The highest BCUT2D eigenvalue weighted by Crippen LogP contribution is 2.01. The van der Waals surface area contributed by atoms with Crippen LogP contribution in [0.5, 0.6) is 0 Å². The zero-order valence-corrected chi connectivity index (χ0v) is 9.69. The largest absolute Gasteiger partial charge is 0.376 e. The van der Waals surface area contributed by atoms with E-state index in [1.807, 2.05) is 0 Å². The van der Waals surface area contributed by atoms with Crippen molar-refractivity contribution < 1.29 is 9.53 Å². The number of morpholine rings is 1. The molecule has 1 fully saturated rings. The maximum Gasteiger partial charge on any atom is 0.252 e. The molecule has 0 aliphatic carbocycles. The van der Waals surface area contributed by atoms with Crippen molar-refractivity contribution in [3.8, 4) is 0 Å². The van der Waals surface area contributed by atoms with E-state index in [0.717, 1.165) is 26.1 Å². The van der Waals surface area contributed by atoms with Gasteiger partial charge in [0.2, 0.25) is 0 Å². The predicted octanol–water partition coefficient (Wildman–Crippen LogP) is 0.190. The van der Waals surface area contributed by atoms with Crippen molar-refractivity contribution in [3.63, 3.8) is 0 Å². The molecule has 0 spiro atoms. The van der Waals surface area contributed by atoms with E-state index < -0.39 is 0 Å². The SMILES string of the molecule is O=C(NCCC1CNCCO1)c1cccnc1. The molecule has 2 rings (SSSR count). The Morgan fingerprint density at radius 3 is 3.29 bits per heavy atom. The van der Waals surface area contributed by atoms with Gasteiger partial charge in [0.25, 0.3) is 5.91 Å². The summed E-state index contributed by atoms with van der Waals surface area (Å²) in [5.41, 5.74) is 0.593. The molecule has 1 unspecified atom stereocenters. The summed E-state index contributed by atoms with van der Waals surface area (Å²) in [6.45, 7) is 3.16. The molecule has 1 amide bonds. The molecule has 1 atom stereocenters. The molecule has 2 heterocycles. The standard InChI is InChI=1S/C12H17N3O2/c16-12(10-2-1-4-13-8-10)15-5-3-11-9-14-6-7-17-11/h1-2,4,8,11,14H,3,5-7,9H2,(H,15,16). The topological polar surface area (TPSA) is 63.2 Å². The van der Waals surface area contributed by atoms with E-state index in [4.69, 9.17) is 4.74 Å². The van der Waals surface area contributed by atoms with Gasteiger partial charge in [-0.2, -0.15) is 0 Å². The van der Waals surface area contributed by atoms with E-state index in [1.165, 1.54) is 0 Å². The summed E-state index contributed by atoms with van der Waals surface area (Å²) in [7, 11) is 0. The van der Waals surface area contributed by atoms with Crippen LogP contribution < -0.4 is 10.6 Å². The van der Waals surface area contributed by atoms with E-state index in [-0.39, 0.29) is 12.0 Å². The molecule has 92 valence electrons. The lowest BCUT2D eigenvalue weighted by Crippen LogP contribution is -2.40. The van der Waals surface area contributed by atoms with Gasteiger partial charge in [-0.1, -0.05) is 0 Å². The molecule has 2 N–H and O–H groups in total. The Kier molecular flexibility index (Phi) is 4.46. The first-order valence-electron chi connectivity index (χ1n) is 5.87. The van der Waals surface area contributed by atoms with E-state index in [2.05, 4.69) is 15.6 Å². The first kappa shape index (κ1) is 12.0. The second kappa shape index (κ2) is 6.32. The van der Waals surface area contributed by atoms with Crippen LogP contribution in [-0.2, 0) is 4.74 Å². The van der Waals surface area contributed by atoms with Gasteiger partial charge in [0.15, 0.2) is 0 Å². The number of rotatable bonds is 4. The van der Waals surface area contributed by atoms with E-state index >= 15 is 0 Å². The van der Waals surface area contributed by atoms with Gasteiger partial charge < -0.3 is 15.4 Å². The third-order valence-electron chi connectivity index (χ3n) is 2.68. The van der Waals surface area contributed by atoms with Crippen LogP contribution in [0.3, 0.4) is 0 Å². The lowest BCUT2D eigenvalue weighted by Gasteiger charge is -2.23. The highest BCUT2D eigenvalue weighted by atomic mass is 16.5. The first-order chi connectivity index (χ1) is 8.36. The third kappa shape index (κ3) is 3.80. The normalized spacial score (nSPS) is 19.9. The van der Waals surface area contributed by atoms with Gasteiger partial charge in [-0.3, -0.25) is 9.78 Å². The molecular formula is C12H17N3O2. The number of nitrogens with one attached hydrogen (secondary N) is 2. The zero-order valence-electron chi connectivity index (χ0n) is 9.69. The molecule has 0 aromatic carbocycles. The number of carbonyl (C=O) groups excluding carboxylic acids is 1. The molecule has 1 aliphatic rings. The average Bonchev–Trinajstić information content (AvgIpc) is 2.41. The number of amides is 1. The highest BCUT2D eigenvalue weighted by Gasteiger charge is 2.13. The van der Waals surface area contributed by atoms with Gasteiger partial charge in [0.1, 0.15) is 0 Å². The van der Waals surface area contributed by atoms with Crippen LogP contribution in [0.1, 0.15) is 16.8 Å². The van der Waals surface area contributed by atoms with E-state index in [1.54, 1.807) is 24.5 Å². The maximum atomic E-state index is 11.7. The molecule has 0 bridgehead atoms. The van der Waals surface area contributed by atoms with Crippen LogP contribution in [0, 0.1) is 0 Å². The van der Waals surface area contributed by atoms with Crippen molar-refractivity contribution in [2.45, 2.75) is 12.5 Å². The summed E-state index contributed by atoms with van der Waals surface area (Å²) in [6, 6.07) is 3.50. The quantitative estimate of drug-likeness (QED) is 0.782. The second-order valence-electron chi connectivity index (χ2n) is 3.98. The smallest absolute Gasteiger partial charge is 0.252 e. The lowest BCUT2D eigenvalue weighted by molar-refractivity contribution is 0.0239. The molecule has 5 heteroatoms. The van der Waals surface area contributed by atoms with Crippen molar-refractivity contribution in [2.24, 2.45) is 0 Å². The Bertz CT molecular complexity index is 350. The lowest BCUT2D eigenvalue weighted by atomic mass is 10.2. The molecule has 1 aliphatic heterocycles. The Labute approximate surface area is 101 Å². The fourth-order valence-electron chi connectivity index (χ4n) is 1.75. The van der Waals surface area contributed by atoms with Gasteiger partial charge in [-0.05, 0) is 18.6 Å². The number of pyridine rings is 1. The Morgan fingerprint density at radius 1 is 1.65 bits per heavy atom. The van der Waals surface area contributed by atoms with Crippen LogP contribution in [0.4, 0.5) is 0 Å². The molecule has 5 nitrogen and oxygen atoms in total. The maximum absolute atomic E-state index is 11.7. The third-order valence-corrected chi connectivity index (χ3v) is 2.68. The molecule has 17 heavy (non-hydrogen) atoms. The summed E-state index contributed by atoms with van der Waals surface area (Å²) < 4.78 is 5.54. The summed E-state index contributed by atoms with van der Waals surface area (Å²) >= 11 is 0. The number of hydrogen-bond donors (Lipinski definition) is 2. The van der Waals surface area contributed by atoms with Crippen molar-refractivity contribution >= 4 is 5.91 Å². The molecule has 1 aromatic heterocycles. The van der Waals surface area contributed by atoms with Crippen molar-refractivity contribution in [1.82, 2.24) is 15.6 Å². The van der Waals surface area contributed by atoms with Gasteiger partial charge in [-0.15, -0.1) is 0 Å². The van der Waals surface area contributed by atoms with Gasteiger partial charge in [0.05, 0.1) is 18.3 Å². The van der Waals surface area contributed by atoms with Gasteiger partial charge in [0, 0.05) is 32.0 Å². The fourth-order valence-corrected chi connectivity index (χ4v) is 1.75. The minimum absolute atomic E-state index is 0.0816. The monoisotopic (exact) mass is 235 g/mol. The fraction of sp³-hybridized carbons (Fsp3) is 0.500. The molecule has 1 saturated heterocycles. The van der Waals surface area contributed by atoms with Gasteiger partial charge >= 0.3 is 0 Å². The van der Waals surface area contributed by atoms with Crippen LogP contribution in [0.2, 0.25) is 0 Å². The molecule has 1 aromatic rings. The summed E-state index contributed by atoms with van der Waals surface area (Å²) in [4.78, 5) is 15.6. The first-order valence-corrected chi connectivity index (χ1v) is 5.87. The number of nitrogens with zero attached hydrogens (tertiary/aromatic N) is 1. The average molecular weight is 235 g/mol. The summed E-state index contributed by atoms with van der Waals surface area (Å²) in [5, 5.41) is 6.12. The predicted molar refractivity (Wildman–Crippen MR) is 63.8 cm³/mol. The van der Waals surface area contributed by atoms with Crippen molar-refractivity contribution in [1.29, 1.82) is 0 Å². The number of aromatic nitrogens is 1. The summed E-state index contributed by atoms with van der Waals surface area (Å²) in [5.74, 6) is -0.0816. The number of ether oxygens (including phenoxy) is 1. The number of hydrogen-bond acceptors (Lipinski definition) is 4. The van der Waals surface area contributed by atoms with Crippen molar-refractivity contribution in [2.75, 3.05) is 26.2 Å². The minimum atomic E-state index is -0.0816. The minimum Gasteiger partial charge on any atom is -0.376 e. The highest BCUT2D eigenvalue weighted by molar-refractivity contribution is 5.93. The van der Waals surface area contributed by atoms with Gasteiger partial charge in [-0.25, -0.2) is 0 Å². The zero-order chi connectivity index (χ0) is 11.9. The van der Waals surface area contributed by atoms with Crippen LogP contribution in [0.25, 0.3) is 0 Å². The van der Waals surface area contributed by atoms with Crippen molar-refractivity contribution in [3.05, 3.63) is 30.1 Å². The van der Waals surface area contributed by atoms with Crippen LogP contribution >= 0.6 is 0 Å². The second-order valence-corrected chi connectivity index (χ2v) is 3.98. The Balaban J connectivity index is 1.69. The molecule has 0 saturated carbocycles.